The first-order valence-electron chi connectivity index (χ1n) is 11.4. The van der Waals surface area contributed by atoms with E-state index in [1.807, 2.05) is 10.6 Å². The standard InChI is InChI=1S/C24H27Cl2N3O4S2/c1-28(17-6-4-3-5-7-17)35(31,32)18-10-8-16(9-11-18)23(30)27-24-29(14-15-33-2)22-20(34-24)13-12-19(25)21(22)26/h8-13,17H,3-7,14-15H2,1-2H3. The molecule has 0 saturated heterocycles. The molecule has 1 heterocycles. The van der Waals surface area contributed by atoms with Gasteiger partial charge in [-0.1, -0.05) is 53.8 Å². The monoisotopic (exact) mass is 555 g/mol. The number of benzene rings is 2. The molecule has 0 atom stereocenters. The third kappa shape index (κ3) is 5.50. The van der Waals surface area contributed by atoms with E-state index < -0.39 is 15.9 Å². The number of nitrogens with zero attached hydrogens (tertiary/aromatic N) is 3. The van der Waals surface area contributed by atoms with Crippen LogP contribution < -0.4 is 4.80 Å². The van der Waals surface area contributed by atoms with E-state index in [0.29, 0.717) is 39.1 Å². The minimum Gasteiger partial charge on any atom is -0.383 e. The Balaban J connectivity index is 1.64. The Morgan fingerprint density at radius 1 is 1.14 bits per heavy atom. The summed E-state index contributed by atoms with van der Waals surface area (Å²) in [5.41, 5.74) is 0.990. The summed E-state index contributed by atoms with van der Waals surface area (Å²) in [5.74, 6) is -0.477. The van der Waals surface area contributed by atoms with E-state index >= 15 is 0 Å². The largest absolute Gasteiger partial charge is 0.383 e. The molecule has 3 aromatic rings. The maximum atomic E-state index is 13.1. The molecule has 11 heteroatoms. The highest BCUT2D eigenvalue weighted by Crippen LogP contribution is 2.32. The van der Waals surface area contributed by atoms with Crippen molar-refractivity contribution in [2.24, 2.45) is 4.99 Å². The summed E-state index contributed by atoms with van der Waals surface area (Å²) >= 11 is 14.0. The van der Waals surface area contributed by atoms with Gasteiger partial charge in [-0.05, 0) is 49.2 Å². The van der Waals surface area contributed by atoms with Crippen LogP contribution in [0.25, 0.3) is 10.2 Å². The van der Waals surface area contributed by atoms with Crippen LogP contribution in [0.4, 0.5) is 0 Å². The van der Waals surface area contributed by atoms with Gasteiger partial charge in [0.05, 0.1) is 31.8 Å². The molecule has 4 rings (SSSR count). The van der Waals surface area contributed by atoms with E-state index in [-0.39, 0.29) is 10.9 Å². The molecule has 35 heavy (non-hydrogen) atoms. The van der Waals surface area contributed by atoms with Crippen molar-refractivity contribution in [2.75, 3.05) is 20.8 Å². The molecule has 7 nitrogen and oxygen atoms in total. The van der Waals surface area contributed by atoms with Gasteiger partial charge in [-0.3, -0.25) is 4.79 Å². The number of hydrogen-bond acceptors (Lipinski definition) is 5. The third-order valence-corrected chi connectivity index (χ3v) is 10.1. The third-order valence-electron chi connectivity index (χ3n) is 6.32. The van der Waals surface area contributed by atoms with Crippen molar-refractivity contribution >= 4 is 60.7 Å². The van der Waals surface area contributed by atoms with Crippen LogP contribution in [-0.4, -0.2) is 50.0 Å². The number of sulfonamides is 1. The molecule has 1 saturated carbocycles. The summed E-state index contributed by atoms with van der Waals surface area (Å²) in [6.07, 6.45) is 4.98. The van der Waals surface area contributed by atoms with Gasteiger partial charge in [0.25, 0.3) is 5.91 Å². The van der Waals surface area contributed by atoms with Crippen molar-refractivity contribution in [1.29, 1.82) is 0 Å². The van der Waals surface area contributed by atoms with E-state index in [0.717, 1.165) is 36.8 Å². The van der Waals surface area contributed by atoms with Crippen LogP contribution in [0.1, 0.15) is 42.5 Å². The second-order valence-corrected chi connectivity index (χ2v) is 12.3. The van der Waals surface area contributed by atoms with Crippen LogP contribution in [0.15, 0.2) is 46.3 Å². The molecule has 0 N–H and O–H groups in total. The molecule has 0 radical (unpaired) electrons. The van der Waals surface area contributed by atoms with Crippen molar-refractivity contribution in [2.45, 2.75) is 49.6 Å². The second-order valence-electron chi connectivity index (χ2n) is 8.49. The highest BCUT2D eigenvalue weighted by Gasteiger charge is 2.29. The quantitative estimate of drug-likeness (QED) is 0.393. The molecule has 0 bridgehead atoms. The highest BCUT2D eigenvalue weighted by atomic mass is 35.5. The van der Waals surface area contributed by atoms with Gasteiger partial charge in [0.15, 0.2) is 4.80 Å². The lowest BCUT2D eigenvalue weighted by Crippen LogP contribution is -2.38. The number of amides is 1. The number of carbonyl (C=O) groups is 1. The maximum absolute atomic E-state index is 13.1. The fraction of sp³-hybridized carbons (Fsp3) is 0.417. The lowest BCUT2D eigenvalue weighted by Gasteiger charge is -2.30. The van der Waals surface area contributed by atoms with Crippen LogP contribution in [0.3, 0.4) is 0 Å². The Labute approximate surface area is 219 Å². The normalized spacial score (nSPS) is 15.9. The number of halogens is 2. The van der Waals surface area contributed by atoms with E-state index in [4.69, 9.17) is 27.9 Å². The molecular formula is C24H27Cl2N3O4S2. The molecular weight excluding hydrogens is 529 g/mol. The van der Waals surface area contributed by atoms with Crippen LogP contribution in [0, 0.1) is 0 Å². The summed E-state index contributed by atoms with van der Waals surface area (Å²) in [7, 11) is -0.408. The molecule has 0 aliphatic heterocycles. The van der Waals surface area contributed by atoms with E-state index in [2.05, 4.69) is 4.99 Å². The molecule has 1 aromatic heterocycles. The molecule has 2 aromatic carbocycles. The lowest BCUT2D eigenvalue weighted by atomic mass is 9.96. The SMILES string of the molecule is COCCn1c(=NC(=O)c2ccc(S(=O)(=O)N(C)C3CCCCC3)cc2)sc2ccc(Cl)c(Cl)c21. The minimum absolute atomic E-state index is 0.0147. The molecule has 1 fully saturated rings. The van der Waals surface area contributed by atoms with Crippen molar-refractivity contribution in [1.82, 2.24) is 8.87 Å². The molecule has 1 aliphatic carbocycles. The average Bonchev–Trinajstić information content (AvgIpc) is 3.22. The summed E-state index contributed by atoms with van der Waals surface area (Å²) in [4.78, 5) is 17.9. The van der Waals surface area contributed by atoms with Gasteiger partial charge < -0.3 is 9.30 Å². The second kappa shape index (κ2) is 11.1. The van der Waals surface area contributed by atoms with E-state index in [1.165, 1.54) is 39.9 Å². The molecule has 1 aliphatic rings. The smallest absolute Gasteiger partial charge is 0.279 e. The van der Waals surface area contributed by atoms with Gasteiger partial charge in [-0.25, -0.2) is 8.42 Å². The number of aromatic nitrogens is 1. The highest BCUT2D eigenvalue weighted by molar-refractivity contribution is 7.89. The summed E-state index contributed by atoms with van der Waals surface area (Å²) < 4.78 is 35.5. The van der Waals surface area contributed by atoms with Gasteiger partial charge in [-0.2, -0.15) is 9.30 Å². The van der Waals surface area contributed by atoms with Crippen LogP contribution in [-0.2, 0) is 21.3 Å². The first kappa shape index (κ1) is 26.3. The summed E-state index contributed by atoms with van der Waals surface area (Å²) in [6.45, 7) is 0.838. The van der Waals surface area contributed by atoms with Gasteiger partial charge in [0.1, 0.15) is 0 Å². The zero-order valence-electron chi connectivity index (χ0n) is 19.5. The van der Waals surface area contributed by atoms with Crippen molar-refractivity contribution in [3.63, 3.8) is 0 Å². The molecule has 0 spiro atoms. The number of rotatable bonds is 7. The minimum atomic E-state index is -3.63. The maximum Gasteiger partial charge on any atom is 0.279 e. The van der Waals surface area contributed by atoms with Gasteiger partial charge >= 0.3 is 0 Å². The van der Waals surface area contributed by atoms with Gasteiger partial charge in [-0.15, -0.1) is 0 Å². The topological polar surface area (TPSA) is 81.0 Å². The molecule has 1 amide bonds. The van der Waals surface area contributed by atoms with E-state index in [1.54, 1.807) is 20.2 Å². The van der Waals surface area contributed by atoms with E-state index in [9.17, 15) is 13.2 Å². The zero-order chi connectivity index (χ0) is 25.2. The van der Waals surface area contributed by atoms with Crippen LogP contribution in [0.2, 0.25) is 10.0 Å². The number of ether oxygens (including phenoxy) is 1. The van der Waals surface area contributed by atoms with Crippen LogP contribution in [0.5, 0.6) is 0 Å². The van der Waals surface area contributed by atoms with Crippen molar-refractivity contribution < 1.29 is 17.9 Å². The number of thiazole rings is 1. The number of fused-ring (bicyclic) bond motifs is 1. The number of hydrogen-bond donors (Lipinski definition) is 0. The average molecular weight is 557 g/mol. The van der Waals surface area contributed by atoms with Gasteiger partial charge in [0.2, 0.25) is 10.0 Å². The summed E-state index contributed by atoms with van der Waals surface area (Å²) in [6, 6.07) is 9.51. The Morgan fingerprint density at radius 2 is 1.83 bits per heavy atom. The first-order chi connectivity index (χ1) is 16.7. The Morgan fingerprint density at radius 3 is 2.49 bits per heavy atom. The molecule has 0 unspecified atom stereocenters. The van der Waals surface area contributed by atoms with Crippen molar-refractivity contribution in [3.05, 3.63) is 56.8 Å². The fourth-order valence-corrected chi connectivity index (χ4v) is 7.26. The number of carbonyl (C=O) groups excluding carboxylic acids is 1. The lowest BCUT2D eigenvalue weighted by molar-refractivity contribution is 0.0997. The first-order valence-corrected chi connectivity index (χ1v) is 14.4. The number of methoxy groups -OCH3 is 1. The Hall–Kier alpha value is -1.75. The summed E-state index contributed by atoms with van der Waals surface area (Å²) in [5, 5.41) is 0.804. The zero-order valence-corrected chi connectivity index (χ0v) is 22.7. The van der Waals surface area contributed by atoms with Gasteiger partial charge in [0, 0.05) is 32.3 Å². The Bertz CT molecular complexity index is 1390. The molecule has 188 valence electrons. The predicted octanol–water partition coefficient (Wildman–Crippen LogP) is 5.35. The van der Waals surface area contributed by atoms with Crippen molar-refractivity contribution in [3.8, 4) is 0 Å². The fourth-order valence-electron chi connectivity index (χ4n) is 4.31. The predicted molar refractivity (Wildman–Crippen MR) is 140 cm³/mol. The Kier molecular flexibility index (Phi) is 8.35. The van der Waals surface area contributed by atoms with Crippen LogP contribution >= 0.6 is 34.5 Å².